The van der Waals surface area contributed by atoms with Gasteiger partial charge in [0.1, 0.15) is 23.1 Å². The lowest BCUT2D eigenvalue weighted by Gasteiger charge is -2.36. The van der Waals surface area contributed by atoms with Gasteiger partial charge in [0.15, 0.2) is 0 Å². The van der Waals surface area contributed by atoms with Gasteiger partial charge in [-0.1, -0.05) is 30.3 Å². The van der Waals surface area contributed by atoms with Crippen molar-refractivity contribution in [2.75, 3.05) is 11.9 Å². The highest BCUT2D eigenvalue weighted by atomic mass is 19.1. The van der Waals surface area contributed by atoms with Crippen LogP contribution in [0.3, 0.4) is 0 Å². The Labute approximate surface area is 243 Å². The fourth-order valence-electron chi connectivity index (χ4n) is 4.69. The van der Waals surface area contributed by atoms with Crippen molar-refractivity contribution in [2.24, 2.45) is 0 Å². The molecule has 220 valence electrons. The number of hydrogen-bond acceptors (Lipinski definition) is 8. The minimum Gasteiger partial charge on any atom is -0.474 e. The molecular weight excluding hydrogens is 541 g/mol. The van der Waals surface area contributed by atoms with Crippen LogP contribution in [0.2, 0.25) is 0 Å². The molecular formula is C31H34FN5O5. The maximum atomic E-state index is 14.3. The van der Waals surface area contributed by atoms with Gasteiger partial charge in [-0.25, -0.2) is 23.5 Å². The zero-order chi connectivity index (χ0) is 29.9. The Bertz CT molecular complexity index is 1580. The predicted octanol–water partition coefficient (Wildman–Crippen LogP) is 5.76. The van der Waals surface area contributed by atoms with E-state index in [0.717, 1.165) is 17.3 Å². The summed E-state index contributed by atoms with van der Waals surface area (Å²) < 4.78 is 32.6. The highest BCUT2D eigenvalue weighted by Crippen LogP contribution is 2.32. The number of ether oxygens (including phenoxy) is 3. The standard InChI is InChI=1S/C31H34FN5O5/c1-5-40-29(38)24-17-35-37-18-25(19-9-7-6-8-10-19)26(14-27(24)37)33-15-20-11-21(32)16-34-28(20)41-23-12-22(13-23)36-30(39)42-31(2,3)4/h6-11,14,16-18,22-23,33H,5,12-13,15H2,1-4H3,(H,36,39). The van der Waals surface area contributed by atoms with E-state index in [1.807, 2.05) is 63.4 Å². The van der Waals surface area contributed by atoms with Crippen molar-refractivity contribution in [1.29, 1.82) is 0 Å². The number of nitrogens with one attached hydrogen (secondary N) is 2. The largest absolute Gasteiger partial charge is 0.474 e. The van der Waals surface area contributed by atoms with E-state index < -0.39 is 23.5 Å². The van der Waals surface area contributed by atoms with Crippen molar-refractivity contribution in [3.63, 3.8) is 0 Å². The van der Waals surface area contributed by atoms with Crippen molar-refractivity contribution in [1.82, 2.24) is 19.9 Å². The third-order valence-corrected chi connectivity index (χ3v) is 6.69. The number of fused-ring (bicyclic) bond motifs is 1. The molecule has 1 saturated carbocycles. The average Bonchev–Trinajstić information content (AvgIpc) is 3.34. The lowest BCUT2D eigenvalue weighted by molar-refractivity contribution is 0.0351. The Balaban J connectivity index is 1.34. The summed E-state index contributed by atoms with van der Waals surface area (Å²) in [5.74, 6) is -0.643. The van der Waals surface area contributed by atoms with Gasteiger partial charge in [0.05, 0.1) is 24.5 Å². The second-order valence-electron chi connectivity index (χ2n) is 11.1. The average molecular weight is 576 g/mol. The number of amides is 1. The highest BCUT2D eigenvalue weighted by Gasteiger charge is 2.34. The first-order valence-corrected chi connectivity index (χ1v) is 13.9. The van der Waals surface area contributed by atoms with Gasteiger partial charge in [0.2, 0.25) is 5.88 Å². The molecule has 0 atom stereocenters. The van der Waals surface area contributed by atoms with E-state index >= 15 is 0 Å². The van der Waals surface area contributed by atoms with Gasteiger partial charge < -0.3 is 24.8 Å². The summed E-state index contributed by atoms with van der Waals surface area (Å²) >= 11 is 0. The summed E-state index contributed by atoms with van der Waals surface area (Å²) in [6, 6.07) is 12.9. The van der Waals surface area contributed by atoms with Gasteiger partial charge in [-0.15, -0.1) is 0 Å². The van der Waals surface area contributed by atoms with Crippen LogP contribution in [0, 0.1) is 5.82 Å². The van der Waals surface area contributed by atoms with E-state index in [4.69, 9.17) is 14.2 Å². The molecule has 1 fully saturated rings. The number of esters is 1. The van der Waals surface area contributed by atoms with Crippen LogP contribution < -0.4 is 15.4 Å². The number of carbonyl (C=O) groups is 2. The fraction of sp³-hybridized carbons (Fsp3) is 0.355. The van der Waals surface area contributed by atoms with Crippen molar-refractivity contribution in [3.05, 3.63) is 78.0 Å². The number of nitrogens with zero attached hydrogens (tertiary/aromatic N) is 3. The molecule has 10 nitrogen and oxygen atoms in total. The van der Waals surface area contributed by atoms with Crippen LogP contribution in [-0.4, -0.2) is 51.0 Å². The second-order valence-corrected chi connectivity index (χ2v) is 11.1. The molecule has 0 bridgehead atoms. The number of alkyl carbamates (subject to hydrolysis) is 1. The quantitative estimate of drug-likeness (QED) is 0.242. The lowest BCUT2D eigenvalue weighted by atomic mass is 9.89. The van der Waals surface area contributed by atoms with Crippen molar-refractivity contribution in [3.8, 4) is 17.0 Å². The number of pyridine rings is 2. The molecule has 1 amide bonds. The van der Waals surface area contributed by atoms with E-state index in [1.165, 1.54) is 12.3 Å². The molecule has 0 aliphatic heterocycles. The summed E-state index contributed by atoms with van der Waals surface area (Å²) in [5, 5.41) is 10.6. The lowest BCUT2D eigenvalue weighted by Crippen LogP contribution is -2.50. The summed E-state index contributed by atoms with van der Waals surface area (Å²) in [4.78, 5) is 28.8. The van der Waals surface area contributed by atoms with Crippen LogP contribution in [0.5, 0.6) is 5.88 Å². The number of hydrogen-bond donors (Lipinski definition) is 2. The highest BCUT2D eigenvalue weighted by molar-refractivity contribution is 5.98. The van der Waals surface area contributed by atoms with Crippen LogP contribution in [-0.2, 0) is 16.0 Å². The SMILES string of the molecule is CCOC(=O)c1cnn2cc(-c3ccccc3)c(NCc3cc(F)cnc3OC3CC(NC(=O)OC(C)(C)C)C3)cc12. The molecule has 1 aliphatic carbocycles. The van der Waals surface area contributed by atoms with Gasteiger partial charge >= 0.3 is 12.1 Å². The molecule has 5 rings (SSSR count). The molecule has 3 aromatic heterocycles. The van der Waals surface area contributed by atoms with Crippen molar-refractivity contribution in [2.45, 2.75) is 64.8 Å². The summed E-state index contributed by atoms with van der Waals surface area (Å²) in [6.07, 6.45) is 4.95. The number of halogens is 1. The van der Waals surface area contributed by atoms with E-state index in [1.54, 1.807) is 11.4 Å². The number of rotatable bonds is 9. The Morgan fingerprint density at radius 3 is 2.60 bits per heavy atom. The first kappa shape index (κ1) is 28.8. The maximum absolute atomic E-state index is 14.3. The summed E-state index contributed by atoms with van der Waals surface area (Å²) in [5.41, 5.74) is 3.34. The normalized spacial score (nSPS) is 16.4. The van der Waals surface area contributed by atoms with Gasteiger partial charge in [-0.05, 0) is 45.4 Å². The van der Waals surface area contributed by atoms with E-state index in [-0.39, 0.29) is 25.3 Å². The molecule has 1 aliphatic rings. The summed E-state index contributed by atoms with van der Waals surface area (Å²) in [7, 11) is 0. The van der Waals surface area contributed by atoms with E-state index in [0.29, 0.717) is 41.1 Å². The fourth-order valence-corrected chi connectivity index (χ4v) is 4.69. The predicted molar refractivity (Wildman–Crippen MR) is 155 cm³/mol. The maximum Gasteiger partial charge on any atom is 0.407 e. The Kier molecular flexibility index (Phi) is 8.28. The number of benzene rings is 1. The Morgan fingerprint density at radius 1 is 1.12 bits per heavy atom. The van der Waals surface area contributed by atoms with Crippen molar-refractivity contribution < 1.29 is 28.2 Å². The molecule has 0 unspecified atom stereocenters. The van der Waals surface area contributed by atoms with E-state index in [9.17, 15) is 14.0 Å². The van der Waals surface area contributed by atoms with Gasteiger partial charge in [-0.2, -0.15) is 5.10 Å². The number of aromatic nitrogens is 3. The first-order valence-electron chi connectivity index (χ1n) is 13.9. The third-order valence-electron chi connectivity index (χ3n) is 6.69. The Hall–Kier alpha value is -4.67. The van der Waals surface area contributed by atoms with Crippen LogP contribution in [0.15, 0.2) is 61.1 Å². The topological polar surface area (TPSA) is 116 Å². The zero-order valence-corrected chi connectivity index (χ0v) is 24.0. The molecule has 2 N–H and O–H groups in total. The Morgan fingerprint density at radius 2 is 1.88 bits per heavy atom. The third kappa shape index (κ3) is 6.79. The molecule has 0 saturated heterocycles. The minimum atomic E-state index is -0.576. The number of carbonyl (C=O) groups excluding carboxylic acids is 2. The molecule has 11 heteroatoms. The smallest absolute Gasteiger partial charge is 0.407 e. The molecule has 1 aromatic carbocycles. The van der Waals surface area contributed by atoms with Crippen LogP contribution in [0.4, 0.5) is 14.9 Å². The zero-order valence-electron chi connectivity index (χ0n) is 24.0. The molecule has 0 spiro atoms. The monoisotopic (exact) mass is 575 g/mol. The van der Waals surface area contributed by atoms with Crippen LogP contribution in [0.1, 0.15) is 56.5 Å². The first-order chi connectivity index (χ1) is 20.1. The van der Waals surface area contributed by atoms with Crippen LogP contribution in [0.25, 0.3) is 16.6 Å². The molecule has 4 aromatic rings. The molecule has 0 radical (unpaired) electrons. The number of anilines is 1. The molecule has 42 heavy (non-hydrogen) atoms. The second kappa shape index (κ2) is 12.1. The summed E-state index contributed by atoms with van der Waals surface area (Å²) in [6.45, 7) is 7.63. The van der Waals surface area contributed by atoms with Gasteiger partial charge in [-0.3, -0.25) is 0 Å². The van der Waals surface area contributed by atoms with Gasteiger partial charge in [0.25, 0.3) is 0 Å². The molecule has 3 heterocycles. The van der Waals surface area contributed by atoms with Crippen LogP contribution >= 0.6 is 0 Å². The van der Waals surface area contributed by atoms with Crippen molar-refractivity contribution >= 4 is 23.3 Å². The van der Waals surface area contributed by atoms with Gasteiger partial charge in [0, 0.05) is 48.4 Å². The minimum absolute atomic E-state index is 0.0729. The van der Waals surface area contributed by atoms with E-state index in [2.05, 4.69) is 20.7 Å².